The molecule has 2 atom stereocenters. The zero-order valence-corrected chi connectivity index (χ0v) is 13.2. The molecule has 0 unspecified atom stereocenters. The van der Waals surface area contributed by atoms with E-state index in [0.717, 1.165) is 32.7 Å². The highest BCUT2D eigenvalue weighted by Crippen LogP contribution is 2.21. The van der Waals surface area contributed by atoms with Crippen molar-refractivity contribution in [3.63, 3.8) is 0 Å². The monoisotopic (exact) mass is 303 g/mol. The summed E-state index contributed by atoms with van der Waals surface area (Å²) in [5.41, 5.74) is 1.21. The number of carbonyl (C=O) groups excluding carboxylic acids is 1. The number of carbonyl (C=O) groups is 1. The smallest absolute Gasteiger partial charge is 0.229 e. The number of rotatable bonds is 2. The Labute approximate surface area is 132 Å². The van der Waals surface area contributed by atoms with Gasteiger partial charge in [-0.2, -0.15) is 0 Å². The van der Waals surface area contributed by atoms with Crippen LogP contribution in [0.4, 0.5) is 5.69 Å². The predicted octanol–water partition coefficient (Wildman–Crippen LogP) is 0.648. The maximum absolute atomic E-state index is 12.7. The van der Waals surface area contributed by atoms with Gasteiger partial charge < -0.3 is 19.8 Å². The summed E-state index contributed by atoms with van der Waals surface area (Å²) in [7, 11) is 2.01. The van der Waals surface area contributed by atoms with Crippen LogP contribution in [-0.4, -0.2) is 73.2 Å². The van der Waals surface area contributed by atoms with Crippen LogP contribution in [0.1, 0.15) is 6.42 Å². The Morgan fingerprint density at radius 2 is 1.77 bits per heavy atom. The minimum atomic E-state index is -0.490. The molecule has 0 aromatic heterocycles. The van der Waals surface area contributed by atoms with Gasteiger partial charge in [-0.25, -0.2) is 0 Å². The van der Waals surface area contributed by atoms with Crippen molar-refractivity contribution in [3.8, 4) is 0 Å². The second-order valence-corrected chi connectivity index (χ2v) is 6.37. The summed E-state index contributed by atoms with van der Waals surface area (Å²) in [5, 5.41) is 10.1. The van der Waals surface area contributed by atoms with Crippen molar-refractivity contribution >= 4 is 11.6 Å². The van der Waals surface area contributed by atoms with Crippen molar-refractivity contribution in [1.82, 2.24) is 9.80 Å². The average Bonchev–Trinajstić information content (AvgIpc) is 2.57. The molecule has 0 saturated carbocycles. The number of piperazine rings is 1. The van der Waals surface area contributed by atoms with Gasteiger partial charge >= 0.3 is 0 Å². The largest absolute Gasteiger partial charge is 0.392 e. The van der Waals surface area contributed by atoms with Crippen LogP contribution in [0.5, 0.6) is 0 Å². The number of amides is 1. The number of nitrogens with zero attached hydrogens (tertiary/aromatic N) is 3. The fourth-order valence-electron chi connectivity index (χ4n) is 3.40. The number of hydrogen-bond acceptors (Lipinski definition) is 4. The van der Waals surface area contributed by atoms with E-state index in [1.54, 1.807) is 0 Å². The van der Waals surface area contributed by atoms with Gasteiger partial charge in [0.25, 0.3) is 0 Å². The number of benzene rings is 1. The Morgan fingerprint density at radius 1 is 1.09 bits per heavy atom. The summed E-state index contributed by atoms with van der Waals surface area (Å²) in [4.78, 5) is 19.0. The van der Waals surface area contributed by atoms with Crippen molar-refractivity contribution in [1.29, 1.82) is 0 Å². The minimum Gasteiger partial charge on any atom is -0.392 e. The van der Waals surface area contributed by atoms with Gasteiger partial charge in [-0.3, -0.25) is 4.79 Å². The Balaban J connectivity index is 1.58. The molecule has 1 aromatic carbocycles. The van der Waals surface area contributed by atoms with Crippen LogP contribution >= 0.6 is 0 Å². The normalized spacial score (nSPS) is 27.0. The van der Waals surface area contributed by atoms with E-state index in [1.165, 1.54) is 5.69 Å². The van der Waals surface area contributed by atoms with Crippen molar-refractivity contribution in [2.24, 2.45) is 5.92 Å². The van der Waals surface area contributed by atoms with Crippen molar-refractivity contribution in [3.05, 3.63) is 30.3 Å². The number of aliphatic hydroxyl groups is 1. The first kappa shape index (κ1) is 15.3. The SMILES string of the molecule is CN1CC[C@@H](O)[C@H](C(=O)N2CCN(c3ccccc3)CC2)C1. The fourth-order valence-corrected chi connectivity index (χ4v) is 3.40. The number of hydrogen-bond donors (Lipinski definition) is 1. The summed E-state index contributed by atoms with van der Waals surface area (Å²) in [6, 6.07) is 10.3. The Morgan fingerprint density at radius 3 is 2.45 bits per heavy atom. The molecule has 1 aromatic rings. The lowest BCUT2D eigenvalue weighted by Gasteiger charge is -2.40. The maximum atomic E-state index is 12.7. The van der Waals surface area contributed by atoms with Gasteiger partial charge in [-0.1, -0.05) is 18.2 Å². The lowest BCUT2D eigenvalue weighted by molar-refractivity contribution is -0.142. The quantitative estimate of drug-likeness (QED) is 0.871. The molecular weight excluding hydrogens is 278 g/mol. The molecule has 2 fully saturated rings. The van der Waals surface area contributed by atoms with Crippen LogP contribution in [0.15, 0.2) is 30.3 Å². The van der Waals surface area contributed by atoms with Crippen LogP contribution < -0.4 is 4.90 Å². The third kappa shape index (κ3) is 3.25. The molecule has 5 heteroatoms. The van der Waals surface area contributed by atoms with Gasteiger partial charge in [0.1, 0.15) is 0 Å². The van der Waals surface area contributed by atoms with E-state index in [4.69, 9.17) is 0 Å². The summed E-state index contributed by atoms with van der Waals surface area (Å²) in [6.07, 6.45) is 0.201. The Bertz CT molecular complexity index is 500. The second-order valence-electron chi connectivity index (χ2n) is 6.37. The van der Waals surface area contributed by atoms with Gasteiger partial charge in [0, 0.05) is 45.0 Å². The molecule has 0 spiro atoms. The Hall–Kier alpha value is -1.59. The zero-order chi connectivity index (χ0) is 15.5. The topological polar surface area (TPSA) is 47.0 Å². The number of anilines is 1. The molecule has 1 N–H and O–H groups in total. The first-order valence-corrected chi connectivity index (χ1v) is 8.10. The number of para-hydroxylation sites is 1. The molecule has 2 aliphatic rings. The molecule has 1 amide bonds. The number of aliphatic hydroxyl groups excluding tert-OH is 1. The first-order chi connectivity index (χ1) is 10.6. The molecule has 2 aliphatic heterocycles. The van der Waals surface area contributed by atoms with E-state index in [-0.39, 0.29) is 11.8 Å². The van der Waals surface area contributed by atoms with Crippen LogP contribution in [0.2, 0.25) is 0 Å². The van der Waals surface area contributed by atoms with Gasteiger partial charge in [0.05, 0.1) is 12.0 Å². The minimum absolute atomic E-state index is 0.117. The standard InChI is InChI=1S/C17H25N3O2/c1-18-8-7-16(21)15(13-18)17(22)20-11-9-19(10-12-20)14-5-3-2-4-6-14/h2-6,15-16,21H,7-13H2,1H3/t15-,16-/m1/s1. The summed E-state index contributed by atoms with van der Waals surface area (Å²) in [5.74, 6) is -0.145. The Kier molecular flexibility index (Phi) is 4.64. The van der Waals surface area contributed by atoms with Gasteiger partial charge in [-0.05, 0) is 25.6 Å². The molecule has 0 bridgehead atoms. The van der Waals surface area contributed by atoms with Crippen LogP contribution in [0.25, 0.3) is 0 Å². The van der Waals surface area contributed by atoms with Gasteiger partial charge in [0.15, 0.2) is 0 Å². The van der Waals surface area contributed by atoms with Crippen LogP contribution in [0.3, 0.4) is 0 Å². The van der Waals surface area contributed by atoms with Crippen LogP contribution in [-0.2, 0) is 4.79 Å². The molecule has 5 nitrogen and oxygen atoms in total. The van der Waals surface area contributed by atoms with Crippen molar-refractivity contribution in [2.45, 2.75) is 12.5 Å². The third-order valence-corrected chi connectivity index (χ3v) is 4.81. The number of likely N-dealkylation sites (tertiary alicyclic amines) is 1. The number of piperidine rings is 1. The third-order valence-electron chi connectivity index (χ3n) is 4.81. The lowest BCUT2D eigenvalue weighted by Crippen LogP contribution is -2.55. The van der Waals surface area contributed by atoms with E-state index in [1.807, 2.05) is 30.1 Å². The highest BCUT2D eigenvalue weighted by Gasteiger charge is 2.35. The van der Waals surface area contributed by atoms with Gasteiger partial charge in [-0.15, -0.1) is 0 Å². The summed E-state index contributed by atoms with van der Waals surface area (Å²) in [6.45, 7) is 4.72. The van der Waals surface area contributed by atoms with E-state index in [2.05, 4.69) is 21.9 Å². The van der Waals surface area contributed by atoms with E-state index >= 15 is 0 Å². The second kappa shape index (κ2) is 6.67. The highest BCUT2D eigenvalue weighted by molar-refractivity contribution is 5.80. The lowest BCUT2D eigenvalue weighted by atomic mass is 9.93. The van der Waals surface area contributed by atoms with E-state index < -0.39 is 6.10 Å². The summed E-state index contributed by atoms with van der Waals surface area (Å²) < 4.78 is 0. The molecule has 120 valence electrons. The molecule has 0 aliphatic carbocycles. The fraction of sp³-hybridized carbons (Fsp3) is 0.588. The van der Waals surface area contributed by atoms with Crippen LogP contribution in [0, 0.1) is 5.92 Å². The van der Waals surface area contributed by atoms with Crippen molar-refractivity contribution in [2.75, 3.05) is 51.2 Å². The summed E-state index contributed by atoms with van der Waals surface area (Å²) >= 11 is 0. The van der Waals surface area contributed by atoms with Gasteiger partial charge in [0.2, 0.25) is 5.91 Å². The van der Waals surface area contributed by atoms with Crippen molar-refractivity contribution < 1.29 is 9.90 Å². The average molecular weight is 303 g/mol. The molecular formula is C17H25N3O2. The molecule has 2 saturated heterocycles. The molecule has 0 radical (unpaired) electrons. The molecule has 2 heterocycles. The highest BCUT2D eigenvalue weighted by atomic mass is 16.3. The molecule has 3 rings (SSSR count). The molecule has 22 heavy (non-hydrogen) atoms. The predicted molar refractivity (Wildman–Crippen MR) is 86.8 cm³/mol. The first-order valence-electron chi connectivity index (χ1n) is 8.10. The van der Waals surface area contributed by atoms with E-state index in [9.17, 15) is 9.90 Å². The zero-order valence-electron chi connectivity index (χ0n) is 13.2. The maximum Gasteiger partial charge on any atom is 0.229 e. The van der Waals surface area contributed by atoms with E-state index in [0.29, 0.717) is 13.0 Å².